The largest absolute Gasteiger partial charge is 0.472 e. The van der Waals surface area contributed by atoms with Crippen LogP contribution in [0.2, 0.25) is 0 Å². The highest BCUT2D eigenvalue weighted by Gasteiger charge is 2.18. The number of hydrogen-bond donors (Lipinski definition) is 1. The predicted octanol–water partition coefficient (Wildman–Crippen LogP) is 1.71. The van der Waals surface area contributed by atoms with Crippen molar-refractivity contribution < 1.29 is 19.1 Å². The fraction of sp³-hybridized carbons (Fsp3) is 0.421. The van der Waals surface area contributed by atoms with Crippen molar-refractivity contribution in [1.82, 2.24) is 9.80 Å². The average molecular weight is 344 g/mol. The van der Waals surface area contributed by atoms with Gasteiger partial charge in [0.25, 0.3) is 5.91 Å². The summed E-state index contributed by atoms with van der Waals surface area (Å²) in [5.74, 6) is -0.0624. The second kappa shape index (κ2) is 8.80. The normalized spacial score (nSPS) is 15.2. The third-order valence-corrected chi connectivity index (χ3v) is 4.41. The first kappa shape index (κ1) is 17.7. The minimum Gasteiger partial charge on any atom is -0.472 e. The van der Waals surface area contributed by atoms with E-state index in [2.05, 4.69) is 4.90 Å². The van der Waals surface area contributed by atoms with Crippen LogP contribution in [0.3, 0.4) is 0 Å². The molecular formula is C19H24N2O4. The van der Waals surface area contributed by atoms with Gasteiger partial charge >= 0.3 is 0 Å². The van der Waals surface area contributed by atoms with Gasteiger partial charge in [0.2, 0.25) is 0 Å². The van der Waals surface area contributed by atoms with Crippen LogP contribution in [0, 0.1) is 0 Å². The van der Waals surface area contributed by atoms with E-state index in [1.165, 1.54) is 0 Å². The first-order valence-electron chi connectivity index (χ1n) is 8.61. The Balaban J connectivity index is 1.68. The number of aliphatic hydroxyl groups excluding tert-OH is 1. The van der Waals surface area contributed by atoms with E-state index < -0.39 is 0 Å². The maximum atomic E-state index is 12.9. The molecular weight excluding hydrogens is 320 g/mol. The van der Waals surface area contributed by atoms with Crippen LogP contribution in [0.5, 0.6) is 0 Å². The fourth-order valence-electron chi connectivity index (χ4n) is 2.97. The van der Waals surface area contributed by atoms with Gasteiger partial charge in [0.1, 0.15) is 0 Å². The molecule has 1 aliphatic heterocycles. The molecule has 1 amide bonds. The van der Waals surface area contributed by atoms with Crippen molar-refractivity contribution in [3.05, 3.63) is 48.4 Å². The summed E-state index contributed by atoms with van der Waals surface area (Å²) in [6, 6.07) is 9.37. The van der Waals surface area contributed by atoms with Crippen LogP contribution in [-0.2, 0) is 4.74 Å². The topological polar surface area (TPSA) is 66.2 Å². The molecule has 6 heteroatoms. The van der Waals surface area contributed by atoms with Crippen molar-refractivity contribution in [2.75, 3.05) is 52.5 Å². The van der Waals surface area contributed by atoms with E-state index in [0.717, 1.165) is 44.0 Å². The lowest BCUT2D eigenvalue weighted by Gasteiger charge is -2.30. The number of benzene rings is 1. The summed E-state index contributed by atoms with van der Waals surface area (Å²) in [6.45, 7) is 4.91. The summed E-state index contributed by atoms with van der Waals surface area (Å²) < 4.78 is 10.5. The zero-order valence-electron chi connectivity index (χ0n) is 14.3. The number of amides is 1. The van der Waals surface area contributed by atoms with Gasteiger partial charge in [-0.1, -0.05) is 12.1 Å². The molecule has 0 aliphatic carbocycles. The molecule has 0 atom stereocenters. The van der Waals surface area contributed by atoms with Gasteiger partial charge in [-0.15, -0.1) is 0 Å². The minimum absolute atomic E-state index is 0.0454. The third-order valence-electron chi connectivity index (χ3n) is 4.41. The van der Waals surface area contributed by atoms with Crippen LogP contribution in [0.1, 0.15) is 10.4 Å². The Labute approximate surface area is 147 Å². The molecule has 1 aliphatic rings. The van der Waals surface area contributed by atoms with Gasteiger partial charge in [-0.25, -0.2) is 0 Å². The summed E-state index contributed by atoms with van der Waals surface area (Å²) in [5.41, 5.74) is 2.50. The molecule has 6 nitrogen and oxygen atoms in total. The number of ether oxygens (including phenoxy) is 1. The maximum Gasteiger partial charge on any atom is 0.253 e. The second-order valence-electron chi connectivity index (χ2n) is 6.06. The Bertz CT molecular complexity index is 666. The lowest BCUT2D eigenvalue weighted by Crippen LogP contribution is -2.43. The predicted molar refractivity (Wildman–Crippen MR) is 94.4 cm³/mol. The average Bonchev–Trinajstić information content (AvgIpc) is 3.20. The molecule has 0 spiro atoms. The number of carbonyl (C=O) groups is 1. The van der Waals surface area contributed by atoms with Crippen LogP contribution >= 0.6 is 0 Å². The Hall–Kier alpha value is -2.15. The highest BCUT2D eigenvalue weighted by molar-refractivity contribution is 5.95. The molecule has 1 saturated heterocycles. The summed E-state index contributed by atoms with van der Waals surface area (Å²) >= 11 is 0. The Morgan fingerprint density at radius 1 is 1.16 bits per heavy atom. The Morgan fingerprint density at radius 2 is 2.00 bits per heavy atom. The molecule has 2 heterocycles. The van der Waals surface area contributed by atoms with Gasteiger partial charge in [-0.2, -0.15) is 0 Å². The molecule has 2 aromatic rings. The first-order chi connectivity index (χ1) is 12.3. The van der Waals surface area contributed by atoms with E-state index in [-0.39, 0.29) is 12.5 Å². The van der Waals surface area contributed by atoms with E-state index in [4.69, 9.17) is 9.15 Å². The summed E-state index contributed by atoms with van der Waals surface area (Å²) in [5, 5.41) is 9.33. The number of carbonyl (C=O) groups excluding carboxylic acids is 1. The minimum atomic E-state index is -0.0624. The van der Waals surface area contributed by atoms with Crippen LogP contribution in [-0.4, -0.2) is 73.4 Å². The second-order valence-corrected chi connectivity index (χ2v) is 6.06. The molecule has 1 aromatic heterocycles. The number of morpholine rings is 1. The summed E-state index contributed by atoms with van der Waals surface area (Å²) in [4.78, 5) is 16.9. The standard InChI is InChI=1S/C19H24N2O4/c22-10-7-21(6-5-20-8-12-24-13-9-20)19(23)17-3-1-2-16(14-17)18-4-11-25-15-18/h1-4,11,14-15,22H,5-10,12-13H2. The monoisotopic (exact) mass is 344 g/mol. The molecule has 1 fully saturated rings. The van der Waals surface area contributed by atoms with Crippen molar-refractivity contribution >= 4 is 5.91 Å². The summed E-state index contributed by atoms with van der Waals surface area (Å²) in [7, 11) is 0. The fourth-order valence-corrected chi connectivity index (χ4v) is 2.97. The SMILES string of the molecule is O=C(c1cccc(-c2ccoc2)c1)N(CCO)CCN1CCOCC1. The van der Waals surface area contributed by atoms with Crippen molar-refractivity contribution in [2.24, 2.45) is 0 Å². The molecule has 0 saturated carbocycles. The third kappa shape index (κ3) is 4.69. The van der Waals surface area contributed by atoms with E-state index in [1.807, 2.05) is 30.3 Å². The molecule has 1 N–H and O–H groups in total. The lowest BCUT2D eigenvalue weighted by molar-refractivity contribution is 0.0315. The first-order valence-corrected chi connectivity index (χ1v) is 8.61. The maximum absolute atomic E-state index is 12.9. The van der Waals surface area contributed by atoms with Crippen molar-refractivity contribution in [3.8, 4) is 11.1 Å². The number of aliphatic hydroxyl groups is 1. The van der Waals surface area contributed by atoms with Crippen molar-refractivity contribution in [3.63, 3.8) is 0 Å². The van der Waals surface area contributed by atoms with Crippen LogP contribution in [0.15, 0.2) is 47.3 Å². The smallest absolute Gasteiger partial charge is 0.253 e. The van der Waals surface area contributed by atoms with Gasteiger partial charge in [0, 0.05) is 43.9 Å². The molecule has 25 heavy (non-hydrogen) atoms. The van der Waals surface area contributed by atoms with E-state index in [1.54, 1.807) is 17.4 Å². The molecule has 0 unspecified atom stereocenters. The molecule has 134 valence electrons. The zero-order valence-corrected chi connectivity index (χ0v) is 14.3. The van der Waals surface area contributed by atoms with Gasteiger partial charge in [0.05, 0.1) is 32.3 Å². The van der Waals surface area contributed by atoms with Crippen LogP contribution in [0.4, 0.5) is 0 Å². The molecule has 1 aromatic carbocycles. The van der Waals surface area contributed by atoms with Crippen LogP contribution < -0.4 is 0 Å². The van der Waals surface area contributed by atoms with E-state index in [9.17, 15) is 9.90 Å². The molecule has 3 rings (SSSR count). The van der Waals surface area contributed by atoms with Gasteiger partial charge < -0.3 is 19.2 Å². The number of rotatable bonds is 7. The molecule has 0 bridgehead atoms. The number of hydrogen-bond acceptors (Lipinski definition) is 5. The highest BCUT2D eigenvalue weighted by atomic mass is 16.5. The van der Waals surface area contributed by atoms with E-state index in [0.29, 0.717) is 18.7 Å². The zero-order chi connectivity index (χ0) is 17.5. The van der Waals surface area contributed by atoms with E-state index >= 15 is 0 Å². The molecule has 0 radical (unpaired) electrons. The van der Waals surface area contributed by atoms with Gasteiger partial charge in [-0.05, 0) is 23.8 Å². The Kier molecular flexibility index (Phi) is 6.22. The lowest BCUT2D eigenvalue weighted by atomic mass is 10.1. The quantitative estimate of drug-likeness (QED) is 0.828. The van der Waals surface area contributed by atoms with Crippen molar-refractivity contribution in [1.29, 1.82) is 0 Å². The summed E-state index contributed by atoms with van der Waals surface area (Å²) in [6.07, 6.45) is 3.28. The Morgan fingerprint density at radius 3 is 2.72 bits per heavy atom. The van der Waals surface area contributed by atoms with Gasteiger partial charge in [-0.3, -0.25) is 9.69 Å². The highest BCUT2D eigenvalue weighted by Crippen LogP contribution is 2.21. The van der Waals surface area contributed by atoms with Gasteiger partial charge in [0.15, 0.2) is 0 Å². The number of nitrogens with zero attached hydrogens (tertiary/aromatic N) is 2. The number of furan rings is 1. The van der Waals surface area contributed by atoms with Crippen molar-refractivity contribution in [2.45, 2.75) is 0 Å². The van der Waals surface area contributed by atoms with Crippen LogP contribution in [0.25, 0.3) is 11.1 Å².